The fourth-order valence-corrected chi connectivity index (χ4v) is 8.03. The maximum atomic E-state index is 6.92. The largest absolute Gasteiger partial charge is 0.489 e. The van der Waals surface area contributed by atoms with Crippen molar-refractivity contribution in [3.8, 4) is 28.7 Å². The first-order valence-corrected chi connectivity index (χ1v) is 26.2. The smallest absolute Gasteiger partial charge is 0.211 e. The zero-order chi connectivity index (χ0) is 45.6. The van der Waals surface area contributed by atoms with E-state index in [-0.39, 0.29) is 0 Å². The van der Waals surface area contributed by atoms with Crippen LogP contribution in [0.4, 0.5) is 0 Å². The maximum absolute atomic E-state index is 6.92. The van der Waals surface area contributed by atoms with Crippen LogP contribution in [0.3, 0.4) is 0 Å². The molecule has 61 heavy (non-hydrogen) atoms. The molecular formula is C56H105O5. The van der Waals surface area contributed by atoms with E-state index >= 15 is 0 Å². The van der Waals surface area contributed by atoms with Crippen molar-refractivity contribution in [2.75, 3.05) is 33.0 Å². The number of benzene rings is 1. The highest BCUT2D eigenvalue weighted by atomic mass is 16.6. The van der Waals surface area contributed by atoms with Gasteiger partial charge >= 0.3 is 0 Å². The van der Waals surface area contributed by atoms with Gasteiger partial charge in [0.2, 0.25) is 17.2 Å². The van der Waals surface area contributed by atoms with Crippen LogP contribution in [-0.4, -0.2) is 33.0 Å². The maximum Gasteiger partial charge on any atom is 0.211 e. The van der Waals surface area contributed by atoms with Gasteiger partial charge in [-0.15, -0.1) is 0 Å². The Labute approximate surface area is 381 Å². The van der Waals surface area contributed by atoms with Crippen molar-refractivity contribution in [1.82, 2.24) is 0 Å². The molecule has 0 N–H and O–H groups in total. The van der Waals surface area contributed by atoms with Gasteiger partial charge in [0.1, 0.15) is 0 Å². The highest BCUT2D eigenvalue weighted by Gasteiger charge is 2.27. The Morgan fingerprint density at radius 1 is 0.262 bits per heavy atom. The summed E-state index contributed by atoms with van der Waals surface area (Å²) in [6.45, 7) is 38.0. The van der Waals surface area contributed by atoms with Crippen molar-refractivity contribution in [1.29, 1.82) is 0 Å². The molecule has 1 rings (SSSR count). The van der Waals surface area contributed by atoms with E-state index in [1.165, 1.54) is 96.3 Å². The SMILES string of the molecule is CC(C)CCCC(C)CCOc1[c]c(OCCC(C)CCCC(C)C)c(OCCC(C)CCCC(C)C)c(OCCC(C)CCCC(C)C)c1OCCC(C)CCCC(C)C. The Bertz CT molecular complexity index is 1100. The summed E-state index contributed by atoms with van der Waals surface area (Å²) in [6.07, 6.45) is 23.7. The third kappa shape index (κ3) is 30.1. The molecule has 0 saturated carbocycles. The summed E-state index contributed by atoms with van der Waals surface area (Å²) in [5, 5.41) is 0. The molecule has 0 aliphatic rings. The molecule has 5 nitrogen and oxygen atoms in total. The van der Waals surface area contributed by atoms with Gasteiger partial charge in [-0.1, -0.05) is 200 Å². The summed E-state index contributed by atoms with van der Waals surface area (Å²) >= 11 is 0. The van der Waals surface area contributed by atoms with E-state index in [4.69, 9.17) is 23.7 Å². The van der Waals surface area contributed by atoms with E-state index in [0.717, 1.165) is 61.7 Å². The predicted molar refractivity (Wildman–Crippen MR) is 265 cm³/mol. The van der Waals surface area contributed by atoms with Gasteiger partial charge in [-0.3, -0.25) is 0 Å². The lowest BCUT2D eigenvalue weighted by atomic mass is 9.97. The fraction of sp³-hybridized carbons (Fsp3) is 0.893. The van der Waals surface area contributed by atoms with Gasteiger partial charge in [0.05, 0.1) is 39.1 Å². The van der Waals surface area contributed by atoms with E-state index in [1.54, 1.807) is 0 Å². The van der Waals surface area contributed by atoms with Crippen molar-refractivity contribution >= 4 is 0 Å². The zero-order valence-corrected chi connectivity index (χ0v) is 43.5. The van der Waals surface area contributed by atoms with Crippen LogP contribution in [0.5, 0.6) is 28.7 Å². The fourth-order valence-electron chi connectivity index (χ4n) is 8.03. The van der Waals surface area contributed by atoms with Crippen LogP contribution in [0.2, 0.25) is 0 Å². The average Bonchev–Trinajstić information content (AvgIpc) is 3.15. The molecule has 0 saturated heterocycles. The minimum Gasteiger partial charge on any atom is -0.489 e. The molecular weight excluding hydrogens is 753 g/mol. The summed E-state index contributed by atoms with van der Waals surface area (Å²) in [5.74, 6) is 9.74. The van der Waals surface area contributed by atoms with Crippen LogP contribution in [0.1, 0.15) is 232 Å². The molecule has 0 spiro atoms. The second-order valence-corrected chi connectivity index (χ2v) is 22.1. The molecule has 0 aliphatic carbocycles. The molecule has 0 aliphatic heterocycles. The first-order valence-electron chi connectivity index (χ1n) is 26.2. The van der Waals surface area contributed by atoms with Gasteiger partial charge < -0.3 is 23.7 Å². The van der Waals surface area contributed by atoms with Crippen molar-refractivity contribution in [3.63, 3.8) is 0 Å². The Balaban J connectivity index is 3.60. The lowest BCUT2D eigenvalue weighted by molar-refractivity contribution is 0.191. The third-order valence-corrected chi connectivity index (χ3v) is 12.7. The summed E-state index contributed by atoms with van der Waals surface area (Å²) in [4.78, 5) is 0. The summed E-state index contributed by atoms with van der Waals surface area (Å²) in [6, 6.07) is 3.62. The molecule has 0 aromatic heterocycles. The van der Waals surface area contributed by atoms with Crippen LogP contribution >= 0.6 is 0 Å². The molecule has 5 unspecified atom stereocenters. The Kier molecular flexibility index (Phi) is 32.5. The standard InChI is InChI=1S/C56H105O5/c1-42(2)21-16-26-47(11)31-36-57-52-41-53(58-37-32-48(12)27-17-22-43(3)4)55(60-39-34-50(14)29-19-24-45(7)8)56(61-40-35-51(15)30-20-25-46(9)10)54(52)59-38-33-49(13)28-18-23-44(5)6/h42-51H,16-40H2,1-15H3. The normalized spacial score (nSPS) is 14.6. The highest BCUT2D eigenvalue weighted by molar-refractivity contribution is 5.65. The summed E-state index contributed by atoms with van der Waals surface area (Å²) < 4.78 is 34.1. The molecule has 0 fully saturated rings. The van der Waals surface area contributed by atoms with E-state index in [9.17, 15) is 0 Å². The Hall–Kier alpha value is -1.78. The zero-order valence-electron chi connectivity index (χ0n) is 43.5. The van der Waals surface area contributed by atoms with Gasteiger partial charge in [-0.2, -0.15) is 0 Å². The van der Waals surface area contributed by atoms with Gasteiger partial charge in [0, 0.05) is 0 Å². The van der Waals surface area contributed by atoms with E-state index in [0.29, 0.717) is 91.4 Å². The van der Waals surface area contributed by atoms with Gasteiger partial charge in [-0.25, -0.2) is 0 Å². The molecule has 0 bridgehead atoms. The van der Waals surface area contributed by atoms with Crippen molar-refractivity contribution < 1.29 is 23.7 Å². The molecule has 0 heterocycles. The Morgan fingerprint density at radius 2 is 0.475 bits per heavy atom. The third-order valence-electron chi connectivity index (χ3n) is 12.7. The number of ether oxygens (including phenoxy) is 5. The van der Waals surface area contributed by atoms with Crippen LogP contribution in [-0.2, 0) is 0 Å². The van der Waals surface area contributed by atoms with Gasteiger partial charge in [0.15, 0.2) is 11.5 Å². The number of hydrogen-bond donors (Lipinski definition) is 0. The first kappa shape index (κ1) is 57.2. The van der Waals surface area contributed by atoms with E-state index in [1.807, 2.05) is 0 Å². The van der Waals surface area contributed by atoms with Crippen LogP contribution in [0.15, 0.2) is 0 Å². The second-order valence-electron chi connectivity index (χ2n) is 22.1. The van der Waals surface area contributed by atoms with Crippen molar-refractivity contribution in [3.05, 3.63) is 6.07 Å². The summed E-state index contributed by atoms with van der Waals surface area (Å²) in [5.41, 5.74) is 0. The lowest BCUT2D eigenvalue weighted by Crippen LogP contribution is -2.14. The molecule has 359 valence electrons. The van der Waals surface area contributed by atoms with E-state index in [2.05, 4.69) is 110 Å². The lowest BCUT2D eigenvalue weighted by Gasteiger charge is -2.24. The van der Waals surface area contributed by atoms with E-state index < -0.39 is 0 Å². The molecule has 1 aromatic rings. The molecule has 5 atom stereocenters. The average molecular weight is 858 g/mol. The topological polar surface area (TPSA) is 46.2 Å². The molecule has 1 aromatic carbocycles. The monoisotopic (exact) mass is 858 g/mol. The quantitative estimate of drug-likeness (QED) is 0.0658. The molecule has 1 radical (unpaired) electrons. The highest BCUT2D eigenvalue weighted by Crippen LogP contribution is 2.51. The predicted octanol–water partition coefficient (Wildman–Crippen LogP) is 17.6. The molecule has 0 amide bonds. The van der Waals surface area contributed by atoms with Gasteiger partial charge in [0.25, 0.3) is 0 Å². The van der Waals surface area contributed by atoms with Crippen LogP contribution < -0.4 is 23.7 Å². The second kappa shape index (κ2) is 34.6. The van der Waals surface area contributed by atoms with Crippen molar-refractivity contribution in [2.24, 2.45) is 59.2 Å². The minimum atomic E-state index is 0.571. The van der Waals surface area contributed by atoms with Crippen LogP contribution in [0, 0.1) is 65.2 Å². The van der Waals surface area contributed by atoms with Crippen molar-refractivity contribution in [2.45, 2.75) is 232 Å². The minimum absolute atomic E-state index is 0.571. The Morgan fingerprint density at radius 3 is 0.705 bits per heavy atom. The summed E-state index contributed by atoms with van der Waals surface area (Å²) in [7, 11) is 0. The van der Waals surface area contributed by atoms with Gasteiger partial charge in [-0.05, 0) is 91.3 Å². The number of rotatable bonds is 40. The van der Waals surface area contributed by atoms with Crippen LogP contribution in [0.25, 0.3) is 0 Å². The molecule has 5 heteroatoms. The first-order chi connectivity index (χ1) is 29.0. The number of hydrogen-bond acceptors (Lipinski definition) is 5.